The van der Waals surface area contributed by atoms with Gasteiger partial charge in [0.15, 0.2) is 0 Å². The first kappa shape index (κ1) is 13.7. The second kappa shape index (κ2) is 6.44. The fourth-order valence-corrected chi connectivity index (χ4v) is 2.67. The Morgan fingerprint density at radius 2 is 2.26 bits per heavy atom. The number of thiophene rings is 1. The third-order valence-corrected chi connectivity index (χ3v) is 3.89. The van der Waals surface area contributed by atoms with E-state index in [1.54, 1.807) is 23.6 Å². The summed E-state index contributed by atoms with van der Waals surface area (Å²) in [6.45, 7) is 2.47. The van der Waals surface area contributed by atoms with Crippen LogP contribution in [0.15, 0.2) is 22.9 Å². The number of thiazole rings is 1. The molecular weight excluding hydrogens is 284 g/mol. The first-order valence-corrected chi connectivity index (χ1v) is 7.40. The Hall–Kier alpha value is -1.73. The number of ether oxygens (including phenoxy) is 1. The molecular formula is C12H12N2O3S2. The first-order valence-electron chi connectivity index (χ1n) is 5.64. The lowest BCUT2D eigenvalue weighted by Crippen LogP contribution is -2.22. The van der Waals surface area contributed by atoms with Gasteiger partial charge in [0.1, 0.15) is 5.69 Å². The van der Waals surface area contributed by atoms with Gasteiger partial charge in [0, 0.05) is 10.3 Å². The summed E-state index contributed by atoms with van der Waals surface area (Å²) in [5.41, 5.74) is 0.240. The molecule has 100 valence electrons. The molecule has 0 unspecified atom stereocenters. The van der Waals surface area contributed by atoms with Crippen molar-refractivity contribution in [3.8, 4) is 0 Å². The van der Waals surface area contributed by atoms with Crippen molar-refractivity contribution < 1.29 is 14.3 Å². The molecule has 0 aliphatic carbocycles. The van der Waals surface area contributed by atoms with Crippen molar-refractivity contribution in [1.29, 1.82) is 0 Å². The lowest BCUT2D eigenvalue weighted by atomic mass is 10.4. The molecule has 5 nitrogen and oxygen atoms in total. The topological polar surface area (TPSA) is 68.3 Å². The van der Waals surface area contributed by atoms with Gasteiger partial charge in [-0.1, -0.05) is 6.07 Å². The van der Waals surface area contributed by atoms with Gasteiger partial charge in [-0.05, 0) is 18.4 Å². The summed E-state index contributed by atoms with van der Waals surface area (Å²) >= 11 is 2.68. The van der Waals surface area contributed by atoms with Crippen LogP contribution in [0.2, 0.25) is 0 Å². The van der Waals surface area contributed by atoms with E-state index in [4.69, 9.17) is 4.74 Å². The van der Waals surface area contributed by atoms with Gasteiger partial charge in [0.05, 0.1) is 13.2 Å². The van der Waals surface area contributed by atoms with Crippen LogP contribution in [0, 0.1) is 0 Å². The van der Waals surface area contributed by atoms with Crippen LogP contribution < -0.4 is 5.32 Å². The van der Waals surface area contributed by atoms with Crippen LogP contribution >= 0.6 is 22.7 Å². The summed E-state index contributed by atoms with van der Waals surface area (Å²) in [5.74, 6) is -0.787. The average Bonchev–Trinajstić information content (AvgIpc) is 3.07. The molecule has 0 radical (unpaired) electrons. The summed E-state index contributed by atoms with van der Waals surface area (Å²) in [7, 11) is 0. The van der Waals surface area contributed by atoms with Gasteiger partial charge < -0.3 is 10.1 Å². The van der Waals surface area contributed by atoms with Crippen LogP contribution in [0.5, 0.6) is 0 Å². The lowest BCUT2D eigenvalue weighted by Gasteiger charge is -2.00. The zero-order chi connectivity index (χ0) is 13.7. The molecule has 0 aliphatic heterocycles. The van der Waals surface area contributed by atoms with Crippen LogP contribution in [-0.2, 0) is 11.3 Å². The van der Waals surface area contributed by atoms with Crippen LogP contribution in [-0.4, -0.2) is 23.5 Å². The fourth-order valence-electron chi connectivity index (χ4n) is 1.34. The van der Waals surface area contributed by atoms with Crippen molar-refractivity contribution in [2.45, 2.75) is 13.5 Å². The van der Waals surface area contributed by atoms with Gasteiger partial charge in [-0.2, -0.15) is 0 Å². The Labute approximate surface area is 118 Å². The molecule has 1 amide bonds. The monoisotopic (exact) mass is 296 g/mol. The Balaban J connectivity index is 1.94. The predicted molar refractivity (Wildman–Crippen MR) is 73.6 cm³/mol. The molecule has 0 bridgehead atoms. The van der Waals surface area contributed by atoms with E-state index in [-0.39, 0.29) is 16.6 Å². The van der Waals surface area contributed by atoms with Gasteiger partial charge in [-0.15, -0.1) is 22.7 Å². The number of aromatic nitrogens is 1. The molecule has 0 fully saturated rings. The summed E-state index contributed by atoms with van der Waals surface area (Å²) in [4.78, 5) is 28.3. The predicted octanol–water partition coefficient (Wildman–Crippen LogP) is 2.31. The van der Waals surface area contributed by atoms with E-state index in [1.807, 2.05) is 17.5 Å². The third kappa shape index (κ3) is 3.62. The minimum Gasteiger partial charge on any atom is -0.461 e. The largest absolute Gasteiger partial charge is 0.461 e. The van der Waals surface area contributed by atoms with E-state index in [2.05, 4.69) is 10.3 Å². The lowest BCUT2D eigenvalue weighted by molar-refractivity contribution is 0.0526. The van der Waals surface area contributed by atoms with Crippen molar-refractivity contribution >= 4 is 34.6 Å². The molecule has 7 heteroatoms. The number of hydrogen-bond acceptors (Lipinski definition) is 6. The highest BCUT2D eigenvalue weighted by atomic mass is 32.1. The van der Waals surface area contributed by atoms with Crippen molar-refractivity contribution in [3.05, 3.63) is 38.5 Å². The summed E-state index contributed by atoms with van der Waals surface area (Å²) < 4.78 is 4.82. The summed E-state index contributed by atoms with van der Waals surface area (Å²) in [6.07, 6.45) is 0. The number of hydrogen-bond donors (Lipinski definition) is 1. The van der Waals surface area contributed by atoms with Gasteiger partial charge in [-0.25, -0.2) is 9.78 Å². The van der Waals surface area contributed by atoms with Gasteiger partial charge >= 0.3 is 5.97 Å². The molecule has 0 atom stereocenters. The number of rotatable bonds is 5. The minimum atomic E-state index is -0.496. The standard InChI is InChI=1S/C12H12N2O3S2/c1-2-17-12(16)11-14-9(7-19-11)10(15)13-6-8-4-3-5-18-8/h3-5,7H,2,6H2,1H3,(H,13,15). The molecule has 0 saturated heterocycles. The zero-order valence-corrected chi connectivity index (χ0v) is 11.8. The number of nitrogens with zero attached hydrogens (tertiary/aromatic N) is 1. The molecule has 2 heterocycles. The molecule has 1 N–H and O–H groups in total. The van der Waals surface area contributed by atoms with E-state index in [1.165, 1.54) is 0 Å². The molecule has 2 rings (SSSR count). The van der Waals surface area contributed by atoms with Gasteiger partial charge in [0.25, 0.3) is 5.91 Å². The van der Waals surface area contributed by atoms with E-state index in [0.717, 1.165) is 16.2 Å². The van der Waals surface area contributed by atoms with E-state index in [0.29, 0.717) is 13.2 Å². The summed E-state index contributed by atoms with van der Waals surface area (Å²) in [6, 6.07) is 3.86. The Morgan fingerprint density at radius 1 is 1.42 bits per heavy atom. The maximum absolute atomic E-state index is 11.8. The minimum absolute atomic E-state index is 0.197. The molecule has 0 spiro atoms. The second-order valence-corrected chi connectivity index (χ2v) is 5.41. The Morgan fingerprint density at radius 3 is 2.95 bits per heavy atom. The van der Waals surface area contributed by atoms with Crippen molar-refractivity contribution in [2.24, 2.45) is 0 Å². The van der Waals surface area contributed by atoms with E-state index >= 15 is 0 Å². The zero-order valence-electron chi connectivity index (χ0n) is 10.2. The van der Waals surface area contributed by atoms with Crippen molar-refractivity contribution in [3.63, 3.8) is 0 Å². The Bertz CT molecular complexity index is 563. The molecule has 0 aliphatic rings. The van der Waals surface area contributed by atoms with Crippen molar-refractivity contribution in [1.82, 2.24) is 10.3 Å². The molecule has 0 aromatic carbocycles. The number of amides is 1. The second-order valence-electron chi connectivity index (χ2n) is 3.52. The van der Waals surface area contributed by atoms with Crippen LogP contribution in [0.4, 0.5) is 0 Å². The van der Waals surface area contributed by atoms with E-state index < -0.39 is 5.97 Å². The quantitative estimate of drug-likeness (QED) is 0.860. The van der Waals surface area contributed by atoms with E-state index in [9.17, 15) is 9.59 Å². The SMILES string of the molecule is CCOC(=O)c1nc(C(=O)NCc2cccs2)cs1. The van der Waals surface area contributed by atoms with Crippen LogP contribution in [0.25, 0.3) is 0 Å². The van der Waals surface area contributed by atoms with Gasteiger partial charge in [0.2, 0.25) is 5.01 Å². The average molecular weight is 296 g/mol. The number of carbonyl (C=O) groups excluding carboxylic acids is 2. The number of esters is 1. The highest BCUT2D eigenvalue weighted by Crippen LogP contribution is 2.12. The van der Waals surface area contributed by atoms with Crippen molar-refractivity contribution in [2.75, 3.05) is 6.61 Å². The maximum atomic E-state index is 11.8. The van der Waals surface area contributed by atoms with Crippen LogP contribution in [0.1, 0.15) is 32.1 Å². The fraction of sp³-hybridized carbons (Fsp3) is 0.250. The van der Waals surface area contributed by atoms with Crippen LogP contribution in [0.3, 0.4) is 0 Å². The third-order valence-electron chi connectivity index (χ3n) is 2.19. The highest BCUT2D eigenvalue weighted by Gasteiger charge is 2.16. The number of carbonyl (C=O) groups is 2. The smallest absolute Gasteiger partial charge is 0.367 e. The molecule has 19 heavy (non-hydrogen) atoms. The highest BCUT2D eigenvalue weighted by molar-refractivity contribution is 7.11. The molecule has 2 aromatic rings. The summed E-state index contributed by atoms with van der Waals surface area (Å²) in [5, 5.41) is 6.45. The molecule has 2 aromatic heterocycles. The normalized spacial score (nSPS) is 10.2. The number of nitrogens with one attached hydrogen (secondary N) is 1. The van der Waals surface area contributed by atoms with Gasteiger partial charge in [-0.3, -0.25) is 4.79 Å². The molecule has 0 saturated carbocycles. The maximum Gasteiger partial charge on any atom is 0.367 e. The Kier molecular flexibility index (Phi) is 4.64. The first-order chi connectivity index (χ1) is 9.20.